The molecule has 2 atom stereocenters. The van der Waals surface area contributed by atoms with Crippen LogP contribution in [0, 0.1) is 0 Å². The highest BCUT2D eigenvalue weighted by Gasteiger charge is 2.43. The van der Waals surface area contributed by atoms with E-state index in [1.54, 1.807) is 0 Å². The van der Waals surface area contributed by atoms with Crippen LogP contribution in [-0.4, -0.2) is 45.9 Å². The SMILES string of the molecule is CN1C2CCC1CC(N1Cc3cnc4ccccc4c3C1=O)C2. The fourth-order valence-electron chi connectivity index (χ4n) is 4.89. The second-order valence-electron chi connectivity index (χ2n) is 7.28. The minimum absolute atomic E-state index is 0.215. The van der Waals surface area contributed by atoms with Gasteiger partial charge in [-0.25, -0.2) is 0 Å². The van der Waals surface area contributed by atoms with Gasteiger partial charge in [0.15, 0.2) is 0 Å². The summed E-state index contributed by atoms with van der Waals surface area (Å²) in [5, 5.41) is 1.01. The maximum Gasteiger partial charge on any atom is 0.255 e. The summed E-state index contributed by atoms with van der Waals surface area (Å²) in [6, 6.07) is 9.70. The van der Waals surface area contributed by atoms with Crippen LogP contribution < -0.4 is 0 Å². The minimum atomic E-state index is 0.215. The Bertz CT molecular complexity index is 788. The molecule has 4 nitrogen and oxygen atoms in total. The van der Waals surface area contributed by atoms with Gasteiger partial charge in [-0.3, -0.25) is 9.78 Å². The standard InChI is InChI=1S/C19H21N3O/c1-21-13-6-7-14(21)9-15(8-13)22-11-12-10-20-17-5-3-2-4-16(17)18(12)19(22)23/h2-5,10,13-15H,6-9,11H2,1H3. The summed E-state index contributed by atoms with van der Waals surface area (Å²) in [6.45, 7) is 0.736. The smallest absolute Gasteiger partial charge is 0.255 e. The summed E-state index contributed by atoms with van der Waals surface area (Å²) in [5.41, 5.74) is 2.91. The number of carbonyl (C=O) groups excluding carboxylic acids is 1. The van der Waals surface area contributed by atoms with Crippen molar-refractivity contribution in [2.24, 2.45) is 0 Å². The maximum atomic E-state index is 13.1. The van der Waals surface area contributed by atoms with Gasteiger partial charge < -0.3 is 9.80 Å². The Hall–Kier alpha value is -1.94. The van der Waals surface area contributed by atoms with Crippen molar-refractivity contribution in [3.63, 3.8) is 0 Å². The number of carbonyl (C=O) groups is 1. The molecular weight excluding hydrogens is 286 g/mol. The number of aromatic nitrogens is 1. The Morgan fingerprint density at radius 2 is 1.83 bits per heavy atom. The molecule has 4 heteroatoms. The lowest BCUT2D eigenvalue weighted by molar-refractivity contribution is 0.0508. The highest BCUT2D eigenvalue weighted by Crippen LogP contribution is 2.39. The highest BCUT2D eigenvalue weighted by molar-refractivity contribution is 6.09. The lowest BCUT2D eigenvalue weighted by Gasteiger charge is -2.40. The van der Waals surface area contributed by atoms with Crippen molar-refractivity contribution >= 4 is 16.8 Å². The summed E-state index contributed by atoms with van der Waals surface area (Å²) in [7, 11) is 2.25. The molecule has 3 aliphatic heterocycles. The number of hydrogen-bond acceptors (Lipinski definition) is 3. The van der Waals surface area contributed by atoms with E-state index in [1.807, 2.05) is 30.5 Å². The van der Waals surface area contributed by atoms with Crippen LogP contribution in [0.4, 0.5) is 0 Å². The van der Waals surface area contributed by atoms with Gasteiger partial charge in [-0.05, 0) is 38.8 Å². The van der Waals surface area contributed by atoms with Gasteiger partial charge in [0, 0.05) is 41.8 Å². The fraction of sp³-hybridized carbons (Fsp3) is 0.474. The molecule has 2 aromatic rings. The van der Waals surface area contributed by atoms with Crippen molar-refractivity contribution < 1.29 is 4.79 Å². The zero-order valence-corrected chi connectivity index (χ0v) is 13.4. The topological polar surface area (TPSA) is 36.4 Å². The molecule has 118 valence electrons. The zero-order valence-electron chi connectivity index (χ0n) is 13.4. The summed E-state index contributed by atoms with van der Waals surface area (Å²) in [4.78, 5) is 22.3. The van der Waals surface area contributed by atoms with E-state index >= 15 is 0 Å². The third-order valence-electron chi connectivity index (χ3n) is 6.18. The van der Waals surface area contributed by atoms with Crippen LogP contribution in [0.5, 0.6) is 0 Å². The normalized spacial score (nSPS) is 30.2. The number of nitrogens with zero attached hydrogens (tertiary/aromatic N) is 3. The average Bonchev–Trinajstić information content (AvgIpc) is 2.99. The summed E-state index contributed by atoms with van der Waals surface area (Å²) in [6.07, 6.45) is 6.73. The molecule has 0 spiro atoms. The second kappa shape index (κ2) is 4.78. The van der Waals surface area contributed by atoms with Gasteiger partial charge in [-0.1, -0.05) is 18.2 Å². The third kappa shape index (κ3) is 1.88. The first-order chi connectivity index (χ1) is 11.2. The molecule has 2 bridgehead atoms. The predicted octanol–water partition coefficient (Wildman–Crippen LogP) is 2.82. The number of pyridine rings is 1. The van der Waals surface area contributed by atoms with Crippen LogP contribution in [0.3, 0.4) is 0 Å². The first kappa shape index (κ1) is 13.5. The minimum Gasteiger partial charge on any atom is -0.331 e. The molecule has 3 aliphatic rings. The average molecular weight is 307 g/mol. The summed E-state index contributed by atoms with van der Waals surface area (Å²) in [5.74, 6) is 0.215. The number of fused-ring (bicyclic) bond motifs is 5. The first-order valence-electron chi connectivity index (χ1n) is 8.62. The van der Waals surface area contributed by atoms with Gasteiger partial charge in [-0.15, -0.1) is 0 Å². The second-order valence-corrected chi connectivity index (χ2v) is 7.28. The van der Waals surface area contributed by atoms with E-state index in [0.29, 0.717) is 18.1 Å². The third-order valence-corrected chi connectivity index (χ3v) is 6.18. The number of amides is 1. The molecule has 0 N–H and O–H groups in total. The molecule has 0 saturated carbocycles. The van der Waals surface area contributed by atoms with Gasteiger partial charge in [0.2, 0.25) is 0 Å². The lowest BCUT2D eigenvalue weighted by atomic mass is 9.96. The van der Waals surface area contributed by atoms with E-state index in [9.17, 15) is 4.79 Å². The van der Waals surface area contributed by atoms with E-state index < -0.39 is 0 Å². The molecule has 2 fully saturated rings. The van der Waals surface area contributed by atoms with Crippen molar-refractivity contribution in [3.05, 3.63) is 41.6 Å². The molecule has 4 heterocycles. The Morgan fingerprint density at radius 1 is 1.09 bits per heavy atom. The van der Waals surface area contributed by atoms with Crippen LogP contribution in [0.25, 0.3) is 10.9 Å². The van der Waals surface area contributed by atoms with Crippen LogP contribution in [-0.2, 0) is 6.54 Å². The number of hydrogen-bond donors (Lipinski definition) is 0. The molecule has 1 aromatic heterocycles. The van der Waals surface area contributed by atoms with Crippen LogP contribution in [0.15, 0.2) is 30.5 Å². The van der Waals surface area contributed by atoms with Crippen LogP contribution in [0.2, 0.25) is 0 Å². The predicted molar refractivity (Wildman–Crippen MR) is 89.2 cm³/mol. The fourth-order valence-corrected chi connectivity index (χ4v) is 4.89. The van der Waals surface area contributed by atoms with Gasteiger partial charge in [0.25, 0.3) is 5.91 Å². The van der Waals surface area contributed by atoms with Crippen LogP contribution in [0.1, 0.15) is 41.6 Å². The molecule has 23 heavy (non-hydrogen) atoms. The van der Waals surface area contributed by atoms with E-state index in [1.165, 1.54) is 12.8 Å². The lowest BCUT2D eigenvalue weighted by Crippen LogP contribution is -2.49. The van der Waals surface area contributed by atoms with Gasteiger partial charge in [0.05, 0.1) is 11.1 Å². The zero-order chi connectivity index (χ0) is 15.6. The molecule has 2 saturated heterocycles. The quantitative estimate of drug-likeness (QED) is 0.813. The summed E-state index contributed by atoms with van der Waals surface area (Å²) < 4.78 is 0. The van der Waals surface area contributed by atoms with Gasteiger partial charge in [0.1, 0.15) is 0 Å². The number of para-hydroxylation sites is 1. The molecule has 1 amide bonds. The van der Waals surface area contributed by atoms with Crippen LogP contribution >= 0.6 is 0 Å². The molecule has 0 aliphatic carbocycles. The number of rotatable bonds is 1. The largest absolute Gasteiger partial charge is 0.331 e. The Kier molecular flexibility index (Phi) is 2.80. The highest BCUT2D eigenvalue weighted by atomic mass is 16.2. The van der Waals surface area contributed by atoms with E-state index in [0.717, 1.165) is 41.4 Å². The Morgan fingerprint density at radius 3 is 2.61 bits per heavy atom. The Balaban J connectivity index is 1.51. The molecule has 5 rings (SSSR count). The number of piperidine rings is 1. The van der Waals surface area contributed by atoms with Crippen molar-refractivity contribution in [2.75, 3.05) is 7.05 Å². The van der Waals surface area contributed by atoms with E-state index in [2.05, 4.69) is 21.8 Å². The molecule has 2 unspecified atom stereocenters. The van der Waals surface area contributed by atoms with Gasteiger partial charge >= 0.3 is 0 Å². The van der Waals surface area contributed by atoms with E-state index in [4.69, 9.17) is 0 Å². The van der Waals surface area contributed by atoms with Crippen molar-refractivity contribution in [1.29, 1.82) is 0 Å². The van der Waals surface area contributed by atoms with Gasteiger partial charge in [-0.2, -0.15) is 0 Å². The monoisotopic (exact) mass is 307 g/mol. The molecular formula is C19H21N3O. The van der Waals surface area contributed by atoms with E-state index in [-0.39, 0.29) is 5.91 Å². The molecule has 1 aromatic carbocycles. The van der Waals surface area contributed by atoms with Crippen molar-refractivity contribution in [1.82, 2.24) is 14.8 Å². The Labute approximate surface area is 136 Å². The number of benzene rings is 1. The summed E-state index contributed by atoms with van der Waals surface area (Å²) >= 11 is 0. The van der Waals surface area contributed by atoms with Crippen molar-refractivity contribution in [3.8, 4) is 0 Å². The van der Waals surface area contributed by atoms with Crippen molar-refractivity contribution in [2.45, 2.75) is 50.4 Å². The first-order valence-corrected chi connectivity index (χ1v) is 8.62. The maximum absolute atomic E-state index is 13.1. The molecule has 0 radical (unpaired) electrons.